The molecule has 5 unspecified atom stereocenters. The zero-order valence-corrected chi connectivity index (χ0v) is 27.9. The van der Waals surface area contributed by atoms with E-state index >= 15 is 0 Å². The van der Waals surface area contributed by atoms with Crippen molar-refractivity contribution in [3.63, 3.8) is 0 Å². The minimum atomic E-state index is -0.535. The lowest BCUT2D eigenvalue weighted by atomic mass is 9.88. The molecular weight excluding hydrogens is 610 g/mol. The van der Waals surface area contributed by atoms with Gasteiger partial charge in [-0.15, -0.1) is 0 Å². The Balaban J connectivity index is 1.37. The predicted octanol–water partition coefficient (Wildman–Crippen LogP) is 8.47. The fraction of sp³-hybridized carbons (Fsp3) is 0.279. The molecule has 0 aliphatic carbocycles. The highest BCUT2D eigenvalue weighted by Crippen LogP contribution is 2.39. The molecule has 1 fully saturated rings. The molecule has 250 valence electrons. The molecule has 1 saturated heterocycles. The summed E-state index contributed by atoms with van der Waals surface area (Å²) in [6, 6.07) is 49.1. The van der Waals surface area contributed by atoms with E-state index in [1.54, 1.807) is 0 Å². The fourth-order valence-electron chi connectivity index (χ4n) is 6.20. The van der Waals surface area contributed by atoms with Crippen molar-refractivity contribution in [2.45, 2.75) is 70.3 Å². The Morgan fingerprint density at radius 1 is 0.571 bits per heavy atom. The van der Waals surface area contributed by atoms with Crippen molar-refractivity contribution in [3.05, 3.63) is 178 Å². The molecule has 6 heteroatoms. The highest BCUT2D eigenvalue weighted by atomic mass is 16.6. The van der Waals surface area contributed by atoms with Gasteiger partial charge in [0, 0.05) is 0 Å². The maximum absolute atomic E-state index is 9.59. The van der Waals surface area contributed by atoms with Gasteiger partial charge < -0.3 is 23.7 Å². The van der Waals surface area contributed by atoms with Crippen molar-refractivity contribution in [3.8, 4) is 6.07 Å². The van der Waals surface area contributed by atoms with Crippen molar-refractivity contribution in [2.24, 2.45) is 0 Å². The van der Waals surface area contributed by atoms with Crippen molar-refractivity contribution in [1.82, 2.24) is 0 Å². The molecule has 5 aromatic carbocycles. The number of ether oxygens (including phenoxy) is 5. The lowest BCUT2D eigenvalue weighted by molar-refractivity contribution is -0.275. The van der Waals surface area contributed by atoms with Gasteiger partial charge in [-0.25, -0.2) is 0 Å². The van der Waals surface area contributed by atoms with Gasteiger partial charge in [-0.2, -0.15) is 5.26 Å². The molecule has 6 nitrogen and oxygen atoms in total. The van der Waals surface area contributed by atoms with Gasteiger partial charge in [-0.05, 0) is 45.9 Å². The Bertz CT molecular complexity index is 1740. The van der Waals surface area contributed by atoms with E-state index in [2.05, 4.69) is 72.8 Å². The van der Waals surface area contributed by atoms with Crippen LogP contribution in [0, 0.1) is 18.3 Å². The summed E-state index contributed by atoms with van der Waals surface area (Å²) in [4.78, 5) is 0. The van der Waals surface area contributed by atoms with Gasteiger partial charge in [0.25, 0.3) is 0 Å². The molecular formula is C43H43NO5. The number of hydrogen-bond donors (Lipinski definition) is 0. The third kappa shape index (κ3) is 9.51. The normalized spacial score (nSPS) is 20.4. The van der Waals surface area contributed by atoms with Crippen LogP contribution in [0.25, 0.3) is 0 Å². The Morgan fingerprint density at radius 2 is 1.04 bits per heavy atom. The minimum absolute atomic E-state index is 0.290. The second-order valence-corrected chi connectivity index (χ2v) is 12.4. The molecule has 5 aromatic rings. The molecule has 0 saturated carbocycles. The van der Waals surface area contributed by atoms with Gasteiger partial charge in [0.1, 0.15) is 30.5 Å². The molecule has 0 amide bonds. The Hall–Kier alpha value is -4.61. The molecule has 0 aromatic heterocycles. The van der Waals surface area contributed by atoms with Gasteiger partial charge in [0.2, 0.25) is 0 Å². The van der Waals surface area contributed by atoms with E-state index in [1.165, 1.54) is 0 Å². The van der Waals surface area contributed by atoms with Gasteiger partial charge in [-0.3, -0.25) is 0 Å². The average molecular weight is 654 g/mol. The average Bonchev–Trinajstić information content (AvgIpc) is 3.15. The second-order valence-electron chi connectivity index (χ2n) is 12.4. The summed E-state index contributed by atoms with van der Waals surface area (Å²) in [5.74, 6) is 0. The monoisotopic (exact) mass is 653 g/mol. The van der Waals surface area contributed by atoms with E-state index in [0.29, 0.717) is 39.5 Å². The summed E-state index contributed by atoms with van der Waals surface area (Å²) < 4.78 is 33.9. The number of aryl methyl sites for hydroxylation is 1. The highest BCUT2D eigenvalue weighted by molar-refractivity contribution is 5.35. The van der Waals surface area contributed by atoms with Crippen LogP contribution in [0.4, 0.5) is 0 Å². The summed E-state index contributed by atoms with van der Waals surface area (Å²) in [6.07, 6.45) is -2.24. The third-order valence-electron chi connectivity index (χ3n) is 8.85. The van der Waals surface area contributed by atoms with Crippen LogP contribution in [-0.2, 0) is 56.5 Å². The first-order valence-electron chi connectivity index (χ1n) is 16.9. The van der Waals surface area contributed by atoms with Crippen molar-refractivity contribution in [1.29, 1.82) is 5.26 Å². The maximum atomic E-state index is 9.59. The fourth-order valence-corrected chi connectivity index (χ4v) is 6.20. The largest absolute Gasteiger partial charge is 0.374 e. The number of nitrogens with zero attached hydrogens (tertiary/aromatic N) is 1. The molecule has 0 N–H and O–H groups in total. The Kier molecular flexibility index (Phi) is 12.4. The van der Waals surface area contributed by atoms with Crippen LogP contribution >= 0.6 is 0 Å². The SMILES string of the molecule is Cc1ccc(C2OC(COCc3ccccc3)C(OCc3ccccc3)C(OCc3ccccc3)C2OCc2ccccc2)cc1CC#N. The molecule has 0 spiro atoms. The van der Waals surface area contributed by atoms with E-state index in [-0.39, 0.29) is 0 Å². The lowest BCUT2D eigenvalue weighted by Crippen LogP contribution is -2.58. The molecule has 1 aliphatic heterocycles. The van der Waals surface area contributed by atoms with Crippen LogP contribution in [0.2, 0.25) is 0 Å². The first-order chi connectivity index (χ1) is 24.2. The number of benzene rings is 5. The highest BCUT2D eigenvalue weighted by Gasteiger charge is 2.49. The van der Waals surface area contributed by atoms with Gasteiger partial charge >= 0.3 is 0 Å². The van der Waals surface area contributed by atoms with Crippen LogP contribution in [0.15, 0.2) is 140 Å². The van der Waals surface area contributed by atoms with Crippen molar-refractivity contribution < 1.29 is 23.7 Å². The first-order valence-corrected chi connectivity index (χ1v) is 16.9. The molecule has 0 bridgehead atoms. The van der Waals surface area contributed by atoms with Crippen LogP contribution < -0.4 is 0 Å². The summed E-state index contributed by atoms with van der Waals surface area (Å²) in [6.45, 7) is 3.88. The molecule has 1 aliphatic rings. The van der Waals surface area contributed by atoms with Crippen LogP contribution in [0.3, 0.4) is 0 Å². The van der Waals surface area contributed by atoms with Gasteiger partial charge in [0.05, 0.1) is 45.5 Å². The van der Waals surface area contributed by atoms with E-state index in [1.807, 2.05) is 79.7 Å². The molecule has 0 radical (unpaired) electrons. The molecule has 5 atom stereocenters. The van der Waals surface area contributed by atoms with Crippen LogP contribution in [0.1, 0.15) is 45.0 Å². The Morgan fingerprint density at radius 3 is 1.55 bits per heavy atom. The maximum Gasteiger partial charge on any atom is 0.117 e. The standard InChI is InChI=1S/C43H43NO5/c1-32-22-23-38(26-37(32)24-25-44)40-42(47-29-35-18-10-4-11-19-35)43(48-30-36-20-12-5-13-21-36)41(46-28-34-16-8-3-9-17-34)39(49-40)31-45-27-33-14-6-2-7-15-33/h2-23,26,39-43H,24,27-31H2,1H3. The van der Waals surface area contributed by atoms with Gasteiger partial charge in [-0.1, -0.05) is 140 Å². The molecule has 1 heterocycles. The van der Waals surface area contributed by atoms with E-state index < -0.39 is 30.5 Å². The second kappa shape index (κ2) is 17.7. The first kappa shape index (κ1) is 34.3. The van der Waals surface area contributed by atoms with E-state index in [0.717, 1.165) is 38.9 Å². The summed E-state index contributed by atoms with van der Waals surface area (Å²) in [5, 5.41) is 9.59. The lowest BCUT2D eigenvalue weighted by Gasteiger charge is -2.46. The zero-order chi connectivity index (χ0) is 33.7. The zero-order valence-electron chi connectivity index (χ0n) is 27.9. The molecule has 6 rings (SSSR count). The number of nitriles is 1. The summed E-state index contributed by atoms with van der Waals surface area (Å²) >= 11 is 0. The van der Waals surface area contributed by atoms with Crippen molar-refractivity contribution in [2.75, 3.05) is 6.61 Å². The minimum Gasteiger partial charge on any atom is -0.374 e. The quantitative estimate of drug-likeness (QED) is 0.113. The molecule has 49 heavy (non-hydrogen) atoms. The van der Waals surface area contributed by atoms with E-state index in [4.69, 9.17) is 23.7 Å². The smallest absolute Gasteiger partial charge is 0.117 e. The van der Waals surface area contributed by atoms with E-state index in [9.17, 15) is 5.26 Å². The topological polar surface area (TPSA) is 69.9 Å². The van der Waals surface area contributed by atoms with Crippen LogP contribution in [0.5, 0.6) is 0 Å². The van der Waals surface area contributed by atoms with Crippen LogP contribution in [-0.4, -0.2) is 31.0 Å². The van der Waals surface area contributed by atoms with Gasteiger partial charge in [0.15, 0.2) is 0 Å². The number of hydrogen-bond acceptors (Lipinski definition) is 6. The Labute approximate surface area is 289 Å². The summed E-state index contributed by atoms with van der Waals surface area (Å²) in [7, 11) is 0. The number of rotatable bonds is 15. The van der Waals surface area contributed by atoms with Crippen molar-refractivity contribution >= 4 is 0 Å². The third-order valence-corrected chi connectivity index (χ3v) is 8.85. The predicted molar refractivity (Wildman–Crippen MR) is 189 cm³/mol. The summed E-state index contributed by atoms with van der Waals surface area (Å²) in [5.41, 5.74) is 7.19.